The molecule has 0 bridgehead atoms. The maximum Gasteiger partial charge on any atom is 0.319 e. The summed E-state index contributed by atoms with van der Waals surface area (Å²) in [7, 11) is 3.00. The topological polar surface area (TPSA) is 85.4 Å². The highest BCUT2D eigenvalue weighted by atomic mass is 35.5. The molecule has 0 fully saturated rings. The van der Waals surface area contributed by atoms with Gasteiger partial charge >= 0.3 is 6.03 Å². The number of carbonyl (C=O) groups excluding carboxylic acids is 1. The van der Waals surface area contributed by atoms with E-state index in [1.807, 2.05) is 6.92 Å². The molecule has 1 heterocycles. The molecule has 0 aliphatic carbocycles. The van der Waals surface area contributed by atoms with Gasteiger partial charge in [0.05, 0.1) is 49.1 Å². The summed E-state index contributed by atoms with van der Waals surface area (Å²) in [5.41, 5.74) is 1.91. The van der Waals surface area contributed by atoms with Gasteiger partial charge in [0.2, 0.25) is 0 Å². The highest BCUT2D eigenvalue weighted by Gasteiger charge is 2.12. The van der Waals surface area contributed by atoms with E-state index in [-0.39, 0.29) is 6.54 Å². The van der Waals surface area contributed by atoms with E-state index in [4.69, 9.17) is 21.1 Å². The van der Waals surface area contributed by atoms with Gasteiger partial charge in [0.15, 0.2) is 0 Å². The maximum atomic E-state index is 12.0. The van der Waals surface area contributed by atoms with Gasteiger partial charge in [-0.25, -0.2) is 4.79 Å². The number of rotatable bonds is 5. The smallest absolute Gasteiger partial charge is 0.319 e. The number of carbonyl (C=O) groups is 1. The van der Waals surface area contributed by atoms with Crippen LogP contribution in [0.1, 0.15) is 11.4 Å². The monoisotopic (exact) mass is 336 g/mol. The second-order valence-corrected chi connectivity index (χ2v) is 5.05. The Balaban J connectivity index is 2.02. The van der Waals surface area contributed by atoms with Gasteiger partial charge in [0.25, 0.3) is 0 Å². The third kappa shape index (κ3) is 4.46. The zero-order valence-corrected chi connectivity index (χ0v) is 13.8. The van der Waals surface area contributed by atoms with Crippen LogP contribution < -0.4 is 20.1 Å². The van der Waals surface area contributed by atoms with E-state index in [1.54, 1.807) is 24.5 Å². The third-order valence-electron chi connectivity index (χ3n) is 2.99. The summed E-state index contributed by atoms with van der Waals surface area (Å²) < 4.78 is 10.3. The number of aromatic nitrogens is 2. The predicted octanol–water partition coefficient (Wildman–Crippen LogP) is 2.78. The molecule has 0 aliphatic rings. The van der Waals surface area contributed by atoms with Crippen LogP contribution in [0.4, 0.5) is 10.5 Å². The fourth-order valence-corrected chi connectivity index (χ4v) is 2.05. The highest BCUT2D eigenvalue weighted by molar-refractivity contribution is 6.32. The Morgan fingerprint density at radius 1 is 1.17 bits per heavy atom. The number of hydrogen-bond acceptors (Lipinski definition) is 5. The van der Waals surface area contributed by atoms with Crippen molar-refractivity contribution in [1.29, 1.82) is 0 Å². The molecule has 23 heavy (non-hydrogen) atoms. The summed E-state index contributed by atoms with van der Waals surface area (Å²) >= 11 is 6.06. The summed E-state index contributed by atoms with van der Waals surface area (Å²) in [6.45, 7) is 2.10. The van der Waals surface area contributed by atoms with Gasteiger partial charge in [-0.05, 0) is 13.0 Å². The minimum Gasteiger partial charge on any atom is -0.495 e. The van der Waals surface area contributed by atoms with Crippen molar-refractivity contribution in [3.05, 3.63) is 40.9 Å². The lowest BCUT2D eigenvalue weighted by atomic mass is 10.2. The summed E-state index contributed by atoms with van der Waals surface area (Å²) in [6, 6.07) is 2.75. The molecule has 2 amide bonds. The molecule has 122 valence electrons. The molecule has 1 aromatic carbocycles. The van der Waals surface area contributed by atoms with Gasteiger partial charge in [-0.3, -0.25) is 9.97 Å². The number of anilines is 1. The Hall–Kier alpha value is -2.54. The molecule has 0 aliphatic heterocycles. The zero-order chi connectivity index (χ0) is 16.8. The Kier molecular flexibility index (Phi) is 5.59. The molecule has 0 spiro atoms. The maximum absolute atomic E-state index is 12.0. The van der Waals surface area contributed by atoms with E-state index in [0.717, 1.165) is 5.69 Å². The van der Waals surface area contributed by atoms with E-state index in [0.29, 0.717) is 27.9 Å². The average Bonchev–Trinajstić information content (AvgIpc) is 2.54. The molecular formula is C15H17ClN4O3. The quantitative estimate of drug-likeness (QED) is 0.877. The first-order valence-electron chi connectivity index (χ1n) is 6.77. The molecule has 1 aromatic heterocycles. The molecule has 2 rings (SSSR count). The molecule has 7 nitrogen and oxygen atoms in total. The first kappa shape index (κ1) is 16.8. The molecular weight excluding hydrogens is 320 g/mol. The molecule has 2 aromatic rings. The average molecular weight is 337 g/mol. The van der Waals surface area contributed by atoms with E-state index >= 15 is 0 Å². The molecule has 0 unspecified atom stereocenters. The van der Waals surface area contributed by atoms with Crippen molar-refractivity contribution in [3.63, 3.8) is 0 Å². The minimum atomic E-state index is -0.410. The van der Waals surface area contributed by atoms with Crippen LogP contribution in [0.15, 0.2) is 24.5 Å². The van der Waals surface area contributed by atoms with Crippen molar-refractivity contribution >= 4 is 23.3 Å². The third-order valence-corrected chi connectivity index (χ3v) is 3.28. The van der Waals surface area contributed by atoms with Gasteiger partial charge in [-0.1, -0.05) is 11.6 Å². The number of methoxy groups -OCH3 is 2. The second-order valence-electron chi connectivity index (χ2n) is 4.64. The minimum absolute atomic E-state index is 0.255. The Morgan fingerprint density at radius 3 is 2.52 bits per heavy atom. The molecule has 0 atom stereocenters. The van der Waals surface area contributed by atoms with Crippen molar-refractivity contribution in [2.45, 2.75) is 13.5 Å². The van der Waals surface area contributed by atoms with Gasteiger partial charge in [0.1, 0.15) is 11.5 Å². The SMILES string of the molecule is COc1cc(OC)c(NC(=O)NCc2cnc(C)cn2)cc1Cl. The number of aryl methyl sites for hydroxylation is 1. The molecule has 8 heteroatoms. The number of ether oxygens (including phenoxy) is 2. The number of benzene rings is 1. The highest BCUT2D eigenvalue weighted by Crippen LogP contribution is 2.35. The van der Waals surface area contributed by atoms with E-state index in [1.165, 1.54) is 14.2 Å². The lowest BCUT2D eigenvalue weighted by molar-refractivity contribution is 0.251. The van der Waals surface area contributed by atoms with Crippen molar-refractivity contribution in [3.8, 4) is 11.5 Å². The predicted molar refractivity (Wildman–Crippen MR) is 87.2 cm³/mol. The molecule has 0 radical (unpaired) electrons. The van der Waals surface area contributed by atoms with Crippen LogP contribution in [0.3, 0.4) is 0 Å². The number of halogens is 1. The Labute approximate surface area is 139 Å². The van der Waals surface area contributed by atoms with Gasteiger partial charge < -0.3 is 20.1 Å². The van der Waals surface area contributed by atoms with Crippen molar-refractivity contribution < 1.29 is 14.3 Å². The summed E-state index contributed by atoms with van der Waals surface area (Å²) in [5, 5.41) is 5.72. The molecule has 0 saturated carbocycles. The van der Waals surface area contributed by atoms with E-state index < -0.39 is 6.03 Å². The van der Waals surface area contributed by atoms with Crippen LogP contribution in [0, 0.1) is 6.92 Å². The number of hydrogen-bond donors (Lipinski definition) is 2. The fourth-order valence-electron chi connectivity index (χ4n) is 1.81. The van der Waals surface area contributed by atoms with E-state index in [2.05, 4.69) is 20.6 Å². The largest absolute Gasteiger partial charge is 0.495 e. The van der Waals surface area contributed by atoms with Crippen LogP contribution in [0.25, 0.3) is 0 Å². The number of amides is 2. The first-order valence-corrected chi connectivity index (χ1v) is 7.15. The Bertz CT molecular complexity index is 692. The van der Waals surface area contributed by atoms with Crippen LogP contribution in [-0.2, 0) is 6.54 Å². The summed E-state index contributed by atoms with van der Waals surface area (Å²) in [6.07, 6.45) is 3.25. The van der Waals surface area contributed by atoms with Gasteiger partial charge in [0, 0.05) is 12.3 Å². The van der Waals surface area contributed by atoms with Crippen molar-refractivity contribution in [2.24, 2.45) is 0 Å². The normalized spacial score (nSPS) is 10.1. The van der Waals surface area contributed by atoms with Crippen LogP contribution in [0.5, 0.6) is 11.5 Å². The van der Waals surface area contributed by atoms with Crippen LogP contribution in [-0.4, -0.2) is 30.2 Å². The lowest BCUT2D eigenvalue weighted by Gasteiger charge is -2.13. The summed E-state index contributed by atoms with van der Waals surface area (Å²) in [5.74, 6) is 0.904. The van der Waals surface area contributed by atoms with Gasteiger partial charge in [-0.15, -0.1) is 0 Å². The lowest BCUT2D eigenvalue weighted by Crippen LogP contribution is -2.28. The second kappa shape index (κ2) is 7.64. The fraction of sp³-hybridized carbons (Fsp3) is 0.267. The van der Waals surface area contributed by atoms with Crippen LogP contribution >= 0.6 is 11.6 Å². The standard InChI is InChI=1S/C15H17ClN4O3/c1-9-6-18-10(7-17-9)8-19-15(21)20-12-4-11(16)13(22-2)5-14(12)23-3/h4-7H,8H2,1-3H3,(H2,19,20,21). The number of urea groups is 1. The van der Waals surface area contributed by atoms with Crippen LogP contribution in [0.2, 0.25) is 5.02 Å². The van der Waals surface area contributed by atoms with Gasteiger partial charge in [-0.2, -0.15) is 0 Å². The number of nitrogens with one attached hydrogen (secondary N) is 2. The van der Waals surface area contributed by atoms with Crippen molar-refractivity contribution in [2.75, 3.05) is 19.5 Å². The zero-order valence-electron chi connectivity index (χ0n) is 13.0. The summed E-state index contributed by atoms with van der Waals surface area (Å²) in [4.78, 5) is 20.3. The molecule has 2 N–H and O–H groups in total. The molecule has 0 saturated heterocycles. The van der Waals surface area contributed by atoms with E-state index in [9.17, 15) is 4.79 Å². The first-order chi connectivity index (χ1) is 11.0. The Morgan fingerprint density at radius 2 is 1.91 bits per heavy atom. The van der Waals surface area contributed by atoms with Crippen molar-refractivity contribution in [1.82, 2.24) is 15.3 Å². The number of nitrogens with zero attached hydrogens (tertiary/aromatic N) is 2.